The predicted octanol–water partition coefficient (Wildman–Crippen LogP) is 3.65. The van der Waals surface area contributed by atoms with Crippen LogP contribution in [-0.2, 0) is 0 Å². The fourth-order valence-corrected chi connectivity index (χ4v) is 1.69. The number of nitrogens with one attached hydrogen (secondary N) is 1. The van der Waals surface area contributed by atoms with E-state index in [0.29, 0.717) is 17.9 Å². The standard InChI is InChI=1S/C16H17FN2O2/c1-2-3-10-21-14-7-4-12(5-8-14)16(20)19-13-6-9-15(17)18-11-13/h4-9,11H,2-3,10H2,1H3,(H,19,20). The van der Waals surface area contributed by atoms with Crippen LogP contribution in [0.1, 0.15) is 30.1 Å². The molecule has 1 heterocycles. The normalized spacial score (nSPS) is 10.2. The van der Waals surface area contributed by atoms with E-state index in [4.69, 9.17) is 4.74 Å². The van der Waals surface area contributed by atoms with Crippen molar-refractivity contribution in [3.05, 3.63) is 54.1 Å². The van der Waals surface area contributed by atoms with Gasteiger partial charge in [-0.15, -0.1) is 0 Å². The molecular formula is C16H17FN2O2. The molecule has 0 spiro atoms. The average Bonchev–Trinajstić information content (AvgIpc) is 2.50. The second-order valence-electron chi connectivity index (χ2n) is 4.55. The van der Waals surface area contributed by atoms with Gasteiger partial charge >= 0.3 is 0 Å². The Kier molecular flexibility index (Phi) is 5.26. The number of carbonyl (C=O) groups excluding carboxylic acids is 1. The van der Waals surface area contributed by atoms with E-state index in [-0.39, 0.29) is 5.91 Å². The van der Waals surface area contributed by atoms with Crippen LogP contribution in [0, 0.1) is 5.95 Å². The van der Waals surface area contributed by atoms with Crippen LogP contribution in [0.5, 0.6) is 5.75 Å². The van der Waals surface area contributed by atoms with Crippen LogP contribution in [0.25, 0.3) is 0 Å². The minimum absolute atomic E-state index is 0.275. The number of ether oxygens (including phenoxy) is 1. The number of benzene rings is 1. The third kappa shape index (κ3) is 4.56. The van der Waals surface area contributed by atoms with E-state index in [1.807, 2.05) is 0 Å². The van der Waals surface area contributed by atoms with Crippen LogP contribution in [0.3, 0.4) is 0 Å². The van der Waals surface area contributed by atoms with Crippen LogP contribution in [-0.4, -0.2) is 17.5 Å². The van der Waals surface area contributed by atoms with E-state index in [1.54, 1.807) is 24.3 Å². The second kappa shape index (κ2) is 7.38. The van der Waals surface area contributed by atoms with Crippen LogP contribution in [0.4, 0.5) is 10.1 Å². The van der Waals surface area contributed by atoms with Crippen molar-refractivity contribution < 1.29 is 13.9 Å². The molecular weight excluding hydrogens is 271 g/mol. The van der Waals surface area contributed by atoms with Crippen molar-refractivity contribution in [2.75, 3.05) is 11.9 Å². The number of unbranched alkanes of at least 4 members (excludes halogenated alkanes) is 1. The van der Waals surface area contributed by atoms with E-state index in [9.17, 15) is 9.18 Å². The van der Waals surface area contributed by atoms with E-state index in [2.05, 4.69) is 17.2 Å². The number of halogens is 1. The van der Waals surface area contributed by atoms with Gasteiger partial charge in [0, 0.05) is 5.56 Å². The Hall–Kier alpha value is -2.43. The van der Waals surface area contributed by atoms with Crippen LogP contribution < -0.4 is 10.1 Å². The van der Waals surface area contributed by atoms with Gasteiger partial charge < -0.3 is 10.1 Å². The van der Waals surface area contributed by atoms with E-state index < -0.39 is 5.95 Å². The molecule has 1 amide bonds. The van der Waals surface area contributed by atoms with Crippen molar-refractivity contribution in [3.8, 4) is 5.75 Å². The minimum Gasteiger partial charge on any atom is -0.494 e. The van der Waals surface area contributed by atoms with Crippen LogP contribution in [0.15, 0.2) is 42.6 Å². The molecule has 110 valence electrons. The van der Waals surface area contributed by atoms with Crippen LogP contribution in [0.2, 0.25) is 0 Å². The molecule has 2 rings (SSSR count). The lowest BCUT2D eigenvalue weighted by molar-refractivity contribution is 0.102. The molecule has 5 heteroatoms. The maximum absolute atomic E-state index is 12.7. The number of hydrogen-bond acceptors (Lipinski definition) is 3. The highest BCUT2D eigenvalue weighted by atomic mass is 19.1. The minimum atomic E-state index is -0.582. The first-order valence-corrected chi connectivity index (χ1v) is 6.85. The number of anilines is 1. The molecule has 0 bridgehead atoms. The molecule has 0 aliphatic carbocycles. The van der Waals surface area contributed by atoms with Gasteiger partial charge in [-0.3, -0.25) is 4.79 Å². The molecule has 0 aliphatic heterocycles. The summed E-state index contributed by atoms with van der Waals surface area (Å²) in [4.78, 5) is 15.5. The molecule has 0 radical (unpaired) electrons. The third-order valence-electron chi connectivity index (χ3n) is 2.87. The van der Waals surface area contributed by atoms with Crippen molar-refractivity contribution in [3.63, 3.8) is 0 Å². The van der Waals surface area contributed by atoms with E-state index >= 15 is 0 Å². The van der Waals surface area contributed by atoms with Crippen molar-refractivity contribution in [2.24, 2.45) is 0 Å². The number of nitrogens with zero attached hydrogens (tertiary/aromatic N) is 1. The maximum Gasteiger partial charge on any atom is 0.255 e. The molecule has 0 saturated carbocycles. The number of rotatable bonds is 6. The summed E-state index contributed by atoms with van der Waals surface area (Å²) in [5, 5.41) is 2.65. The van der Waals surface area contributed by atoms with Crippen LogP contribution >= 0.6 is 0 Å². The number of pyridine rings is 1. The fraction of sp³-hybridized carbons (Fsp3) is 0.250. The monoisotopic (exact) mass is 288 g/mol. The summed E-state index contributed by atoms with van der Waals surface area (Å²) in [6.07, 6.45) is 3.35. The van der Waals surface area contributed by atoms with Gasteiger partial charge in [-0.25, -0.2) is 4.98 Å². The van der Waals surface area contributed by atoms with Gasteiger partial charge in [0.05, 0.1) is 18.5 Å². The number of hydrogen-bond donors (Lipinski definition) is 1. The second-order valence-corrected chi connectivity index (χ2v) is 4.55. The van der Waals surface area contributed by atoms with Crippen molar-refractivity contribution >= 4 is 11.6 Å². The van der Waals surface area contributed by atoms with Gasteiger partial charge in [-0.2, -0.15) is 4.39 Å². The van der Waals surface area contributed by atoms with E-state index in [1.165, 1.54) is 18.3 Å². The van der Waals surface area contributed by atoms with Gasteiger partial charge in [0.2, 0.25) is 5.95 Å². The summed E-state index contributed by atoms with van der Waals surface area (Å²) < 4.78 is 18.2. The highest BCUT2D eigenvalue weighted by molar-refractivity contribution is 6.04. The van der Waals surface area contributed by atoms with Gasteiger partial charge in [0.1, 0.15) is 5.75 Å². The Balaban J connectivity index is 1.94. The Bertz CT molecular complexity index is 582. The lowest BCUT2D eigenvalue weighted by atomic mass is 10.2. The van der Waals surface area contributed by atoms with Crippen molar-refractivity contribution in [2.45, 2.75) is 19.8 Å². The first-order chi connectivity index (χ1) is 10.2. The van der Waals surface area contributed by atoms with Crippen molar-refractivity contribution in [1.82, 2.24) is 4.98 Å². The molecule has 1 aromatic carbocycles. The molecule has 2 aromatic rings. The zero-order valence-corrected chi connectivity index (χ0v) is 11.8. The summed E-state index contributed by atoms with van der Waals surface area (Å²) in [6.45, 7) is 2.77. The number of carbonyl (C=O) groups is 1. The summed E-state index contributed by atoms with van der Waals surface area (Å²) in [6, 6.07) is 9.55. The third-order valence-corrected chi connectivity index (χ3v) is 2.87. The molecule has 0 fully saturated rings. The average molecular weight is 288 g/mol. The quantitative estimate of drug-likeness (QED) is 0.652. The molecule has 4 nitrogen and oxygen atoms in total. The molecule has 1 aromatic heterocycles. The predicted molar refractivity (Wildman–Crippen MR) is 79.0 cm³/mol. The highest BCUT2D eigenvalue weighted by Crippen LogP contribution is 2.14. The number of amides is 1. The topological polar surface area (TPSA) is 51.2 Å². The Morgan fingerprint density at radius 1 is 1.24 bits per heavy atom. The molecule has 1 N–H and O–H groups in total. The first kappa shape index (κ1) is 15.0. The number of aromatic nitrogens is 1. The SMILES string of the molecule is CCCCOc1ccc(C(=O)Nc2ccc(F)nc2)cc1. The molecule has 0 saturated heterocycles. The lowest BCUT2D eigenvalue weighted by Gasteiger charge is -2.07. The molecule has 0 aliphatic rings. The van der Waals surface area contributed by atoms with Gasteiger partial charge in [0.15, 0.2) is 0 Å². The molecule has 0 unspecified atom stereocenters. The highest BCUT2D eigenvalue weighted by Gasteiger charge is 2.06. The zero-order valence-electron chi connectivity index (χ0n) is 11.8. The van der Waals surface area contributed by atoms with Gasteiger partial charge in [0.25, 0.3) is 5.91 Å². The fourth-order valence-electron chi connectivity index (χ4n) is 1.69. The zero-order chi connectivity index (χ0) is 15.1. The Labute approximate surface area is 123 Å². The summed E-state index contributed by atoms with van der Waals surface area (Å²) in [5.41, 5.74) is 0.951. The smallest absolute Gasteiger partial charge is 0.255 e. The molecule has 21 heavy (non-hydrogen) atoms. The maximum atomic E-state index is 12.7. The van der Waals surface area contributed by atoms with E-state index in [0.717, 1.165) is 18.6 Å². The largest absolute Gasteiger partial charge is 0.494 e. The van der Waals surface area contributed by atoms with Crippen molar-refractivity contribution in [1.29, 1.82) is 0 Å². The lowest BCUT2D eigenvalue weighted by Crippen LogP contribution is -2.12. The summed E-state index contributed by atoms with van der Waals surface area (Å²) in [7, 11) is 0. The molecule has 0 atom stereocenters. The Morgan fingerprint density at radius 3 is 2.62 bits per heavy atom. The first-order valence-electron chi connectivity index (χ1n) is 6.85. The van der Waals surface area contributed by atoms with Gasteiger partial charge in [-0.05, 0) is 42.8 Å². The summed E-state index contributed by atoms with van der Waals surface area (Å²) >= 11 is 0. The Morgan fingerprint density at radius 2 is 2.00 bits per heavy atom. The van der Waals surface area contributed by atoms with Gasteiger partial charge in [-0.1, -0.05) is 13.3 Å². The summed E-state index contributed by atoms with van der Waals surface area (Å²) in [5.74, 6) is -0.117.